The Hall–Kier alpha value is -1.82. The summed E-state index contributed by atoms with van der Waals surface area (Å²) in [5, 5.41) is 0.976. The Bertz CT molecular complexity index is 702. The van der Waals surface area contributed by atoms with Gasteiger partial charge in [0.25, 0.3) is 5.91 Å². The molecule has 5 nitrogen and oxygen atoms in total. The fraction of sp³-hybridized carbons (Fsp3) is 0.188. The Kier molecular flexibility index (Phi) is 6.85. The number of rotatable bonds is 7. The minimum Gasteiger partial charge on any atom is -0.490 e. The van der Waals surface area contributed by atoms with Gasteiger partial charge in [0, 0.05) is 5.02 Å². The van der Waals surface area contributed by atoms with Gasteiger partial charge < -0.3 is 9.47 Å². The van der Waals surface area contributed by atoms with Crippen molar-refractivity contribution in [3.05, 3.63) is 51.5 Å². The van der Waals surface area contributed by atoms with Crippen LogP contribution < -0.4 is 20.3 Å². The SMILES string of the molecule is CCOc1ccccc1OCC(=O)NNc1c(Cl)cc(Cl)cc1Cl. The number of para-hydroxylation sites is 2. The average Bonchev–Trinajstić information content (AvgIpc) is 2.53. The fourth-order valence-corrected chi connectivity index (χ4v) is 2.73. The van der Waals surface area contributed by atoms with E-state index >= 15 is 0 Å². The Morgan fingerprint density at radius 1 is 1.04 bits per heavy atom. The molecule has 8 heteroatoms. The first-order valence-corrected chi connectivity index (χ1v) is 8.18. The second kappa shape index (κ2) is 8.87. The van der Waals surface area contributed by atoms with Crippen molar-refractivity contribution in [1.82, 2.24) is 5.43 Å². The summed E-state index contributed by atoms with van der Waals surface area (Å²) in [4.78, 5) is 11.9. The van der Waals surface area contributed by atoms with Crippen LogP contribution in [0, 0.1) is 0 Å². The van der Waals surface area contributed by atoms with Gasteiger partial charge in [-0.2, -0.15) is 0 Å². The third-order valence-electron chi connectivity index (χ3n) is 2.84. The number of carbonyl (C=O) groups is 1. The highest BCUT2D eigenvalue weighted by atomic mass is 35.5. The molecule has 0 radical (unpaired) electrons. The largest absolute Gasteiger partial charge is 0.490 e. The van der Waals surface area contributed by atoms with Crippen LogP contribution in [-0.4, -0.2) is 19.1 Å². The number of anilines is 1. The van der Waals surface area contributed by atoms with Gasteiger partial charge >= 0.3 is 0 Å². The molecule has 0 spiro atoms. The molecule has 0 bridgehead atoms. The zero-order chi connectivity index (χ0) is 17.5. The molecule has 2 aromatic carbocycles. The highest BCUT2D eigenvalue weighted by molar-refractivity contribution is 6.41. The summed E-state index contributed by atoms with van der Waals surface area (Å²) in [6.45, 7) is 2.16. The first-order valence-electron chi connectivity index (χ1n) is 7.05. The number of carbonyl (C=O) groups excluding carboxylic acids is 1. The molecule has 1 amide bonds. The predicted molar refractivity (Wildman–Crippen MR) is 96.3 cm³/mol. The molecule has 0 saturated carbocycles. The van der Waals surface area contributed by atoms with E-state index in [1.54, 1.807) is 18.2 Å². The molecule has 0 saturated heterocycles. The minimum atomic E-state index is -0.414. The molecule has 24 heavy (non-hydrogen) atoms. The second-order valence-corrected chi connectivity index (χ2v) is 5.84. The van der Waals surface area contributed by atoms with Gasteiger partial charge in [-0.15, -0.1) is 0 Å². The normalized spacial score (nSPS) is 10.2. The lowest BCUT2D eigenvalue weighted by Gasteiger charge is -2.14. The molecule has 0 aliphatic carbocycles. The van der Waals surface area contributed by atoms with Crippen molar-refractivity contribution in [3.8, 4) is 11.5 Å². The molecule has 2 rings (SSSR count). The standard InChI is InChI=1S/C16H15Cl3N2O3/c1-2-23-13-5-3-4-6-14(13)24-9-15(22)20-21-16-11(18)7-10(17)8-12(16)19/h3-8,21H,2,9H2,1H3,(H,20,22). The van der Waals surface area contributed by atoms with Crippen molar-refractivity contribution >= 4 is 46.4 Å². The van der Waals surface area contributed by atoms with Crippen LogP contribution in [0.2, 0.25) is 15.1 Å². The number of hydrogen-bond donors (Lipinski definition) is 2. The highest BCUT2D eigenvalue weighted by Crippen LogP contribution is 2.33. The van der Waals surface area contributed by atoms with Crippen molar-refractivity contribution in [2.24, 2.45) is 0 Å². The third kappa shape index (κ3) is 5.09. The maximum Gasteiger partial charge on any atom is 0.276 e. The van der Waals surface area contributed by atoms with Crippen molar-refractivity contribution in [1.29, 1.82) is 0 Å². The zero-order valence-corrected chi connectivity index (χ0v) is 15.0. The summed E-state index contributed by atoms with van der Waals surface area (Å²) in [6, 6.07) is 10.1. The molecule has 128 valence electrons. The monoisotopic (exact) mass is 388 g/mol. The van der Waals surface area contributed by atoms with Gasteiger partial charge in [-0.25, -0.2) is 0 Å². The highest BCUT2D eigenvalue weighted by Gasteiger charge is 2.10. The summed E-state index contributed by atoms with van der Waals surface area (Å²) in [7, 11) is 0. The molecule has 2 aromatic rings. The quantitative estimate of drug-likeness (QED) is 0.681. The summed E-state index contributed by atoms with van der Waals surface area (Å²) in [6.07, 6.45) is 0. The summed E-state index contributed by atoms with van der Waals surface area (Å²) >= 11 is 17.9. The molecular formula is C16H15Cl3N2O3. The lowest BCUT2D eigenvalue weighted by atomic mass is 10.3. The predicted octanol–water partition coefficient (Wildman–Crippen LogP) is 4.57. The summed E-state index contributed by atoms with van der Waals surface area (Å²) in [5.74, 6) is 0.644. The van der Waals surface area contributed by atoms with Crippen LogP contribution in [0.5, 0.6) is 11.5 Å². The van der Waals surface area contributed by atoms with Gasteiger partial charge in [0.05, 0.1) is 22.3 Å². The molecular weight excluding hydrogens is 375 g/mol. The van der Waals surface area contributed by atoms with E-state index < -0.39 is 5.91 Å². The third-order valence-corrected chi connectivity index (χ3v) is 3.66. The number of halogens is 3. The number of ether oxygens (including phenoxy) is 2. The summed E-state index contributed by atoms with van der Waals surface area (Å²) in [5.41, 5.74) is 5.46. The molecule has 0 unspecified atom stereocenters. The van der Waals surface area contributed by atoms with E-state index in [4.69, 9.17) is 44.3 Å². The second-order valence-electron chi connectivity index (χ2n) is 4.59. The van der Waals surface area contributed by atoms with Crippen LogP contribution in [-0.2, 0) is 4.79 Å². The van der Waals surface area contributed by atoms with E-state index in [0.717, 1.165) is 0 Å². The van der Waals surface area contributed by atoms with Crippen LogP contribution in [0.3, 0.4) is 0 Å². The van der Waals surface area contributed by atoms with Gasteiger partial charge in [-0.1, -0.05) is 46.9 Å². The molecule has 0 heterocycles. The van der Waals surface area contributed by atoms with E-state index in [0.29, 0.717) is 28.8 Å². The summed E-state index contributed by atoms with van der Waals surface area (Å²) < 4.78 is 10.9. The van der Waals surface area contributed by atoms with Crippen molar-refractivity contribution in [2.45, 2.75) is 6.92 Å². The van der Waals surface area contributed by atoms with Crippen molar-refractivity contribution in [3.63, 3.8) is 0 Å². The first kappa shape index (κ1) is 18.5. The molecule has 0 aliphatic heterocycles. The zero-order valence-electron chi connectivity index (χ0n) is 12.7. The molecule has 2 N–H and O–H groups in total. The van der Waals surface area contributed by atoms with Crippen molar-refractivity contribution < 1.29 is 14.3 Å². The number of hydrogen-bond acceptors (Lipinski definition) is 4. The van der Waals surface area contributed by atoms with E-state index in [1.165, 1.54) is 12.1 Å². The maximum atomic E-state index is 11.9. The van der Waals surface area contributed by atoms with E-state index in [9.17, 15) is 4.79 Å². The van der Waals surface area contributed by atoms with Gasteiger partial charge in [0.1, 0.15) is 0 Å². The smallest absolute Gasteiger partial charge is 0.276 e. The van der Waals surface area contributed by atoms with E-state index in [1.807, 2.05) is 13.0 Å². The van der Waals surface area contributed by atoms with E-state index in [2.05, 4.69) is 10.9 Å². The van der Waals surface area contributed by atoms with Crippen LogP contribution in [0.25, 0.3) is 0 Å². The lowest BCUT2D eigenvalue weighted by molar-refractivity contribution is -0.122. The molecule has 0 fully saturated rings. The van der Waals surface area contributed by atoms with Crippen LogP contribution in [0.4, 0.5) is 5.69 Å². The fourth-order valence-electron chi connectivity index (χ4n) is 1.82. The number of benzene rings is 2. The first-order chi connectivity index (χ1) is 11.5. The Labute approximate surface area is 154 Å². The number of hydrazine groups is 1. The van der Waals surface area contributed by atoms with Crippen LogP contribution in [0.1, 0.15) is 6.92 Å². The molecule has 0 aromatic heterocycles. The van der Waals surface area contributed by atoms with Crippen LogP contribution >= 0.6 is 34.8 Å². The van der Waals surface area contributed by atoms with Gasteiger partial charge in [-0.05, 0) is 31.2 Å². The number of amides is 1. The molecule has 0 aliphatic rings. The molecule has 0 atom stereocenters. The van der Waals surface area contributed by atoms with Crippen LogP contribution in [0.15, 0.2) is 36.4 Å². The van der Waals surface area contributed by atoms with Crippen molar-refractivity contribution in [2.75, 3.05) is 18.6 Å². The minimum absolute atomic E-state index is 0.208. The Morgan fingerprint density at radius 3 is 2.21 bits per heavy atom. The van der Waals surface area contributed by atoms with Gasteiger partial charge in [0.15, 0.2) is 18.1 Å². The Morgan fingerprint density at radius 2 is 1.62 bits per heavy atom. The maximum absolute atomic E-state index is 11.9. The topological polar surface area (TPSA) is 59.6 Å². The average molecular weight is 390 g/mol. The van der Waals surface area contributed by atoms with E-state index in [-0.39, 0.29) is 16.7 Å². The van der Waals surface area contributed by atoms with Gasteiger partial charge in [-0.3, -0.25) is 15.6 Å². The lowest BCUT2D eigenvalue weighted by Crippen LogP contribution is -2.33. The van der Waals surface area contributed by atoms with Gasteiger partial charge in [0.2, 0.25) is 0 Å². The number of nitrogens with one attached hydrogen (secondary N) is 2. The Balaban J connectivity index is 1.91.